The Morgan fingerprint density at radius 1 is 1.24 bits per heavy atom. The molecule has 0 saturated carbocycles. The summed E-state index contributed by atoms with van der Waals surface area (Å²) in [7, 11) is 1.58. The second-order valence-electron chi connectivity index (χ2n) is 4.65. The standard InChI is InChI=1S/C16H13ClN2O2/c1-21-10-6-7-13-15(8-10)19-16(20)9-14(18-13)11-4-2-3-5-12(11)17/h2-8H,9H2,1H3,(H,19,20). The molecular weight excluding hydrogens is 288 g/mol. The zero-order chi connectivity index (χ0) is 14.8. The van der Waals surface area contributed by atoms with Gasteiger partial charge in [-0.05, 0) is 18.2 Å². The fraction of sp³-hybridized carbons (Fsp3) is 0.125. The molecule has 0 saturated heterocycles. The summed E-state index contributed by atoms with van der Waals surface area (Å²) in [6.07, 6.45) is 0.181. The van der Waals surface area contributed by atoms with Crippen LogP contribution in [0.3, 0.4) is 0 Å². The number of nitrogens with zero attached hydrogens (tertiary/aromatic N) is 1. The van der Waals surface area contributed by atoms with Gasteiger partial charge in [-0.15, -0.1) is 0 Å². The van der Waals surface area contributed by atoms with E-state index >= 15 is 0 Å². The van der Waals surface area contributed by atoms with Crippen molar-refractivity contribution in [2.75, 3.05) is 12.4 Å². The van der Waals surface area contributed by atoms with Gasteiger partial charge in [0.2, 0.25) is 5.91 Å². The minimum atomic E-state index is -0.124. The van der Waals surface area contributed by atoms with Crippen LogP contribution in [-0.4, -0.2) is 18.7 Å². The third-order valence-corrected chi connectivity index (χ3v) is 3.58. The van der Waals surface area contributed by atoms with Crippen LogP contribution in [0.25, 0.3) is 0 Å². The molecule has 0 aromatic heterocycles. The molecule has 3 rings (SSSR count). The Hall–Kier alpha value is -2.33. The number of ether oxygens (including phenoxy) is 1. The highest BCUT2D eigenvalue weighted by atomic mass is 35.5. The summed E-state index contributed by atoms with van der Waals surface area (Å²) >= 11 is 6.20. The number of halogens is 1. The van der Waals surface area contributed by atoms with E-state index in [1.54, 1.807) is 19.2 Å². The average Bonchev–Trinajstić information content (AvgIpc) is 2.64. The lowest BCUT2D eigenvalue weighted by atomic mass is 10.1. The summed E-state index contributed by atoms with van der Waals surface area (Å²) in [5, 5.41) is 3.42. The van der Waals surface area contributed by atoms with E-state index < -0.39 is 0 Å². The Morgan fingerprint density at radius 3 is 2.81 bits per heavy atom. The maximum atomic E-state index is 12.1. The number of carbonyl (C=O) groups is 1. The molecule has 1 aliphatic heterocycles. The van der Waals surface area contributed by atoms with Crippen LogP contribution in [0.15, 0.2) is 47.5 Å². The van der Waals surface area contributed by atoms with Gasteiger partial charge in [0.1, 0.15) is 5.75 Å². The van der Waals surface area contributed by atoms with Gasteiger partial charge in [-0.25, -0.2) is 0 Å². The number of hydrogen-bond donors (Lipinski definition) is 1. The molecule has 0 unspecified atom stereocenters. The van der Waals surface area contributed by atoms with Crippen LogP contribution in [0, 0.1) is 0 Å². The summed E-state index contributed by atoms with van der Waals surface area (Å²) in [5.74, 6) is 0.547. The average molecular weight is 301 g/mol. The van der Waals surface area contributed by atoms with Crippen LogP contribution in [-0.2, 0) is 4.79 Å². The highest BCUT2D eigenvalue weighted by Crippen LogP contribution is 2.33. The molecule has 2 aromatic carbocycles. The molecule has 106 valence electrons. The summed E-state index contributed by atoms with van der Waals surface area (Å²) in [4.78, 5) is 16.7. The van der Waals surface area contributed by atoms with Gasteiger partial charge in [-0.3, -0.25) is 9.79 Å². The SMILES string of the molecule is COc1ccc2c(c1)NC(=O)CC(c1ccccc1Cl)=N2. The van der Waals surface area contributed by atoms with E-state index in [2.05, 4.69) is 10.3 Å². The number of anilines is 1. The summed E-state index contributed by atoms with van der Waals surface area (Å²) < 4.78 is 5.17. The third-order valence-electron chi connectivity index (χ3n) is 3.25. The molecule has 21 heavy (non-hydrogen) atoms. The van der Waals surface area contributed by atoms with Gasteiger partial charge in [0.25, 0.3) is 0 Å². The van der Waals surface area contributed by atoms with Crippen LogP contribution in [0.2, 0.25) is 5.02 Å². The Kier molecular flexibility index (Phi) is 3.62. The molecule has 4 nitrogen and oxygen atoms in total. The van der Waals surface area contributed by atoms with Crippen molar-refractivity contribution < 1.29 is 9.53 Å². The van der Waals surface area contributed by atoms with Gasteiger partial charge in [-0.1, -0.05) is 29.8 Å². The molecule has 0 bridgehead atoms. The summed E-state index contributed by atoms with van der Waals surface area (Å²) in [5.41, 5.74) is 2.76. The van der Waals surface area contributed by atoms with Crippen LogP contribution in [0.5, 0.6) is 5.75 Å². The first-order valence-corrected chi connectivity index (χ1v) is 6.85. The molecule has 1 aliphatic rings. The van der Waals surface area contributed by atoms with Crippen molar-refractivity contribution >= 4 is 34.6 Å². The number of carbonyl (C=O) groups excluding carboxylic acids is 1. The van der Waals surface area contributed by atoms with Crippen molar-refractivity contribution in [3.05, 3.63) is 53.1 Å². The monoisotopic (exact) mass is 300 g/mol. The van der Waals surface area contributed by atoms with Gasteiger partial charge >= 0.3 is 0 Å². The Labute approximate surface area is 127 Å². The Morgan fingerprint density at radius 2 is 2.05 bits per heavy atom. The Bertz CT molecular complexity index is 741. The molecule has 0 radical (unpaired) electrons. The van der Waals surface area contributed by atoms with Crippen molar-refractivity contribution in [1.29, 1.82) is 0 Å². The van der Waals surface area contributed by atoms with Crippen molar-refractivity contribution in [3.8, 4) is 5.75 Å². The first-order valence-electron chi connectivity index (χ1n) is 6.48. The van der Waals surface area contributed by atoms with E-state index in [1.807, 2.05) is 30.3 Å². The largest absolute Gasteiger partial charge is 0.497 e. The number of fused-ring (bicyclic) bond motifs is 1. The second-order valence-corrected chi connectivity index (χ2v) is 5.05. The third kappa shape index (κ3) is 2.76. The molecule has 0 spiro atoms. The van der Waals surface area contributed by atoms with Gasteiger partial charge in [-0.2, -0.15) is 0 Å². The quantitative estimate of drug-likeness (QED) is 0.917. The van der Waals surface area contributed by atoms with Gasteiger partial charge in [0.15, 0.2) is 0 Å². The zero-order valence-corrected chi connectivity index (χ0v) is 12.1. The predicted molar refractivity (Wildman–Crippen MR) is 83.9 cm³/mol. The van der Waals surface area contributed by atoms with E-state index in [0.29, 0.717) is 27.9 Å². The van der Waals surface area contributed by atoms with E-state index in [4.69, 9.17) is 16.3 Å². The van der Waals surface area contributed by atoms with E-state index in [-0.39, 0.29) is 12.3 Å². The van der Waals surface area contributed by atoms with Gasteiger partial charge < -0.3 is 10.1 Å². The molecule has 0 fully saturated rings. The number of nitrogens with one attached hydrogen (secondary N) is 1. The number of aliphatic imine (C=N–C) groups is 1. The smallest absolute Gasteiger partial charge is 0.230 e. The van der Waals surface area contributed by atoms with Gasteiger partial charge in [0, 0.05) is 16.7 Å². The van der Waals surface area contributed by atoms with E-state index in [1.165, 1.54) is 0 Å². The highest BCUT2D eigenvalue weighted by Gasteiger charge is 2.19. The minimum absolute atomic E-state index is 0.124. The van der Waals surface area contributed by atoms with Crippen molar-refractivity contribution in [2.45, 2.75) is 6.42 Å². The van der Waals surface area contributed by atoms with Crippen molar-refractivity contribution in [1.82, 2.24) is 0 Å². The van der Waals surface area contributed by atoms with E-state index in [9.17, 15) is 4.79 Å². The first kappa shape index (κ1) is 13.6. The van der Waals surface area contributed by atoms with Crippen LogP contribution < -0.4 is 10.1 Å². The van der Waals surface area contributed by atoms with Gasteiger partial charge in [0.05, 0.1) is 30.6 Å². The minimum Gasteiger partial charge on any atom is -0.497 e. The highest BCUT2D eigenvalue weighted by molar-refractivity contribution is 6.35. The summed E-state index contributed by atoms with van der Waals surface area (Å²) in [6.45, 7) is 0. The number of rotatable bonds is 2. The number of methoxy groups -OCH3 is 1. The lowest BCUT2D eigenvalue weighted by Crippen LogP contribution is -2.15. The molecule has 1 heterocycles. The predicted octanol–water partition coefficient (Wildman–Crippen LogP) is 3.81. The van der Waals surface area contributed by atoms with Crippen molar-refractivity contribution in [3.63, 3.8) is 0 Å². The second kappa shape index (κ2) is 5.58. The number of benzene rings is 2. The lowest BCUT2D eigenvalue weighted by molar-refractivity contribution is -0.115. The molecule has 1 amide bonds. The zero-order valence-electron chi connectivity index (χ0n) is 11.4. The van der Waals surface area contributed by atoms with E-state index in [0.717, 1.165) is 5.56 Å². The van der Waals surface area contributed by atoms with Crippen LogP contribution in [0.4, 0.5) is 11.4 Å². The Balaban J connectivity index is 2.11. The maximum Gasteiger partial charge on any atom is 0.230 e. The molecule has 0 aliphatic carbocycles. The molecular formula is C16H13ClN2O2. The van der Waals surface area contributed by atoms with Crippen LogP contribution in [0.1, 0.15) is 12.0 Å². The normalized spacial score (nSPS) is 13.8. The molecule has 1 N–H and O–H groups in total. The molecule has 2 aromatic rings. The molecule has 0 atom stereocenters. The molecule has 5 heteroatoms. The number of amides is 1. The number of hydrogen-bond acceptors (Lipinski definition) is 3. The fourth-order valence-electron chi connectivity index (χ4n) is 2.22. The van der Waals surface area contributed by atoms with Crippen molar-refractivity contribution in [2.24, 2.45) is 4.99 Å². The maximum absolute atomic E-state index is 12.1. The fourth-order valence-corrected chi connectivity index (χ4v) is 2.47. The topological polar surface area (TPSA) is 50.7 Å². The lowest BCUT2D eigenvalue weighted by Gasteiger charge is -2.06. The first-order chi connectivity index (χ1) is 10.2. The summed E-state index contributed by atoms with van der Waals surface area (Å²) in [6, 6.07) is 12.8. The van der Waals surface area contributed by atoms with Crippen LogP contribution >= 0.6 is 11.6 Å².